The molecule has 1 N–H and O–H groups in total. The van der Waals surface area contributed by atoms with Crippen LogP contribution >= 0.6 is 23.4 Å². The molecule has 2 atom stereocenters. The molecule has 0 bridgehead atoms. The van der Waals surface area contributed by atoms with Gasteiger partial charge in [0.05, 0.1) is 5.75 Å². The third-order valence-corrected chi connectivity index (χ3v) is 5.86. The van der Waals surface area contributed by atoms with Crippen LogP contribution in [0.25, 0.3) is 0 Å². The fraction of sp³-hybridized carbons (Fsp3) is 0.364. The minimum atomic E-state index is -0.646. The first-order valence-corrected chi connectivity index (χ1v) is 10.9. The Hall–Kier alpha value is -2.05. The highest BCUT2D eigenvalue weighted by Gasteiger charge is 2.26. The van der Waals surface area contributed by atoms with Crippen molar-refractivity contribution in [1.29, 1.82) is 0 Å². The molecule has 0 fully saturated rings. The SMILES string of the molecule is CC[C@@H](C)NC(=O)[C@H](C)N(Cc1ccc(F)cc1)C(=O)CSc1ccc(Cl)cc1. The highest BCUT2D eigenvalue weighted by molar-refractivity contribution is 8.00. The van der Waals surface area contributed by atoms with Gasteiger partial charge in [0.2, 0.25) is 11.8 Å². The maximum atomic E-state index is 13.2. The van der Waals surface area contributed by atoms with Gasteiger partial charge in [0.1, 0.15) is 11.9 Å². The van der Waals surface area contributed by atoms with Gasteiger partial charge >= 0.3 is 0 Å². The lowest BCUT2D eigenvalue weighted by atomic mass is 10.1. The average Bonchev–Trinajstić information content (AvgIpc) is 2.72. The molecule has 2 aromatic carbocycles. The maximum Gasteiger partial charge on any atom is 0.242 e. The van der Waals surface area contributed by atoms with Crippen molar-refractivity contribution in [2.45, 2.75) is 50.7 Å². The van der Waals surface area contributed by atoms with Crippen molar-refractivity contribution in [1.82, 2.24) is 10.2 Å². The molecule has 0 heterocycles. The number of amides is 2. The minimum Gasteiger partial charge on any atom is -0.352 e. The summed E-state index contributed by atoms with van der Waals surface area (Å²) in [6, 6.07) is 12.6. The molecule has 2 aromatic rings. The Morgan fingerprint density at radius 1 is 1.10 bits per heavy atom. The van der Waals surface area contributed by atoms with Crippen molar-refractivity contribution >= 4 is 35.2 Å². The van der Waals surface area contributed by atoms with Crippen LogP contribution in [0.4, 0.5) is 4.39 Å². The van der Waals surface area contributed by atoms with Crippen LogP contribution in [0.3, 0.4) is 0 Å². The first-order valence-electron chi connectivity index (χ1n) is 9.52. The Kier molecular flexibility index (Phi) is 8.99. The van der Waals surface area contributed by atoms with E-state index in [1.54, 1.807) is 31.2 Å². The summed E-state index contributed by atoms with van der Waals surface area (Å²) in [5, 5.41) is 3.56. The van der Waals surface area contributed by atoms with Crippen LogP contribution in [-0.2, 0) is 16.1 Å². The number of carbonyl (C=O) groups excluding carboxylic acids is 2. The van der Waals surface area contributed by atoms with Crippen LogP contribution in [-0.4, -0.2) is 34.6 Å². The second-order valence-corrected chi connectivity index (χ2v) is 8.37. The summed E-state index contributed by atoms with van der Waals surface area (Å²) in [6.45, 7) is 5.86. The molecule has 2 amide bonds. The highest BCUT2D eigenvalue weighted by atomic mass is 35.5. The monoisotopic (exact) mass is 436 g/mol. The fourth-order valence-electron chi connectivity index (χ4n) is 2.59. The second-order valence-electron chi connectivity index (χ2n) is 6.88. The van der Waals surface area contributed by atoms with Gasteiger partial charge in [-0.1, -0.05) is 30.7 Å². The molecule has 0 aliphatic heterocycles. The topological polar surface area (TPSA) is 49.4 Å². The molecule has 0 saturated carbocycles. The summed E-state index contributed by atoms with van der Waals surface area (Å²) in [5.41, 5.74) is 0.763. The summed E-state index contributed by atoms with van der Waals surface area (Å²) >= 11 is 7.28. The molecule has 0 aromatic heterocycles. The molecule has 0 aliphatic rings. The number of hydrogen-bond donors (Lipinski definition) is 1. The van der Waals surface area contributed by atoms with Gasteiger partial charge in [0, 0.05) is 22.5 Å². The standard InChI is InChI=1S/C22H26ClFN2O2S/c1-4-15(2)25-22(28)16(3)26(13-17-5-9-19(24)10-6-17)21(27)14-29-20-11-7-18(23)8-12-20/h5-12,15-16H,4,13-14H2,1-3H3,(H,25,28)/t15-,16+/m1/s1. The van der Waals surface area contributed by atoms with E-state index >= 15 is 0 Å². The maximum absolute atomic E-state index is 13.2. The van der Waals surface area contributed by atoms with Crippen LogP contribution in [0.1, 0.15) is 32.8 Å². The largest absolute Gasteiger partial charge is 0.352 e. The van der Waals surface area contributed by atoms with Gasteiger partial charge in [-0.2, -0.15) is 0 Å². The van der Waals surface area contributed by atoms with E-state index in [0.29, 0.717) is 5.02 Å². The van der Waals surface area contributed by atoms with Gasteiger partial charge < -0.3 is 10.2 Å². The molecule has 0 aliphatic carbocycles. The van der Waals surface area contributed by atoms with E-state index < -0.39 is 6.04 Å². The van der Waals surface area contributed by atoms with Gasteiger partial charge in [0.15, 0.2) is 0 Å². The Labute approximate surface area is 180 Å². The van der Waals surface area contributed by atoms with Crippen molar-refractivity contribution in [2.24, 2.45) is 0 Å². The second kappa shape index (κ2) is 11.2. The first-order chi connectivity index (χ1) is 13.8. The predicted octanol–water partition coefficient (Wildman–Crippen LogP) is 4.90. The Morgan fingerprint density at radius 2 is 1.72 bits per heavy atom. The Bertz CT molecular complexity index is 815. The number of halogens is 2. The van der Waals surface area contributed by atoms with E-state index in [0.717, 1.165) is 16.9 Å². The van der Waals surface area contributed by atoms with E-state index in [1.807, 2.05) is 26.0 Å². The van der Waals surface area contributed by atoms with Crippen LogP contribution in [0.15, 0.2) is 53.4 Å². The van der Waals surface area contributed by atoms with Gasteiger partial charge in [-0.3, -0.25) is 9.59 Å². The molecule has 0 radical (unpaired) electrons. The zero-order valence-electron chi connectivity index (χ0n) is 16.8. The molecular formula is C22H26ClFN2O2S. The van der Waals surface area contributed by atoms with Crippen LogP contribution < -0.4 is 5.32 Å². The number of rotatable bonds is 9. The molecule has 156 valence electrons. The summed E-state index contributed by atoms with van der Waals surface area (Å²) in [6.07, 6.45) is 0.802. The number of thioether (sulfide) groups is 1. The van der Waals surface area contributed by atoms with E-state index in [1.165, 1.54) is 28.8 Å². The van der Waals surface area contributed by atoms with Crippen molar-refractivity contribution in [3.05, 3.63) is 64.9 Å². The van der Waals surface area contributed by atoms with Crippen molar-refractivity contribution in [3.8, 4) is 0 Å². The van der Waals surface area contributed by atoms with Crippen molar-refractivity contribution < 1.29 is 14.0 Å². The zero-order chi connectivity index (χ0) is 21.4. The van der Waals surface area contributed by atoms with Crippen LogP contribution in [0.2, 0.25) is 5.02 Å². The summed E-state index contributed by atoms with van der Waals surface area (Å²) in [4.78, 5) is 28.1. The van der Waals surface area contributed by atoms with E-state index in [-0.39, 0.29) is 36.0 Å². The third-order valence-electron chi connectivity index (χ3n) is 4.61. The lowest BCUT2D eigenvalue weighted by Crippen LogP contribution is -2.50. The quantitative estimate of drug-likeness (QED) is 0.568. The summed E-state index contributed by atoms with van der Waals surface area (Å²) in [5.74, 6) is -0.524. The predicted molar refractivity (Wildman–Crippen MR) is 116 cm³/mol. The van der Waals surface area contributed by atoms with Gasteiger partial charge in [-0.05, 0) is 62.2 Å². The Balaban J connectivity index is 2.13. The molecule has 0 spiro atoms. The highest BCUT2D eigenvalue weighted by Crippen LogP contribution is 2.22. The van der Waals surface area contributed by atoms with Crippen molar-refractivity contribution in [2.75, 3.05) is 5.75 Å². The molecule has 29 heavy (non-hydrogen) atoms. The molecule has 0 unspecified atom stereocenters. The number of benzene rings is 2. The molecular weight excluding hydrogens is 411 g/mol. The summed E-state index contributed by atoms with van der Waals surface area (Å²) < 4.78 is 13.2. The summed E-state index contributed by atoms with van der Waals surface area (Å²) in [7, 11) is 0. The minimum absolute atomic E-state index is 0.0242. The van der Waals surface area contributed by atoms with E-state index in [2.05, 4.69) is 5.32 Å². The molecule has 0 saturated heterocycles. The third kappa shape index (κ3) is 7.37. The Morgan fingerprint density at radius 3 is 2.31 bits per heavy atom. The van der Waals surface area contributed by atoms with E-state index in [4.69, 9.17) is 11.6 Å². The van der Waals surface area contributed by atoms with Gasteiger partial charge in [-0.25, -0.2) is 4.39 Å². The smallest absolute Gasteiger partial charge is 0.242 e. The molecule has 2 rings (SSSR count). The normalized spacial score (nSPS) is 12.9. The van der Waals surface area contributed by atoms with E-state index in [9.17, 15) is 14.0 Å². The number of nitrogens with one attached hydrogen (secondary N) is 1. The van der Waals surface area contributed by atoms with Crippen molar-refractivity contribution in [3.63, 3.8) is 0 Å². The average molecular weight is 437 g/mol. The number of nitrogens with zero attached hydrogens (tertiary/aromatic N) is 1. The fourth-order valence-corrected chi connectivity index (χ4v) is 3.50. The lowest BCUT2D eigenvalue weighted by Gasteiger charge is -2.29. The van der Waals surface area contributed by atoms with Gasteiger partial charge in [-0.15, -0.1) is 11.8 Å². The number of carbonyl (C=O) groups is 2. The number of hydrogen-bond acceptors (Lipinski definition) is 3. The molecule has 7 heteroatoms. The first kappa shape index (κ1) is 23.2. The molecule has 4 nitrogen and oxygen atoms in total. The van der Waals surface area contributed by atoms with Gasteiger partial charge in [0.25, 0.3) is 0 Å². The van der Waals surface area contributed by atoms with Crippen LogP contribution in [0.5, 0.6) is 0 Å². The zero-order valence-corrected chi connectivity index (χ0v) is 18.4. The lowest BCUT2D eigenvalue weighted by molar-refractivity contribution is -0.138. The van der Waals surface area contributed by atoms with Crippen LogP contribution in [0, 0.1) is 5.82 Å².